The molecule has 0 aromatic heterocycles. The number of nitrogens with one attached hydrogen (secondary N) is 2. The molecule has 2 aromatic carbocycles. The van der Waals surface area contributed by atoms with Crippen molar-refractivity contribution < 1.29 is 33.6 Å². The largest absolute Gasteiger partial charge is 0.497 e. The summed E-state index contributed by atoms with van der Waals surface area (Å²) in [5, 5.41) is 14.9. The number of carbonyl (C=O) groups excluding carboxylic acids is 4. The van der Waals surface area contributed by atoms with E-state index in [1.54, 1.807) is 0 Å². The van der Waals surface area contributed by atoms with Gasteiger partial charge in [0.25, 0.3) is 17.5 Å². The monoisotopic (exact) mass is 490 g/mol. The Morgan fingerprint density at radius 2 is 1.91 bits per heavy atom. The fourth-order valence-corrected chi connectivity index (χ4v) is 3.23. The Labute approximate surface area is 197 Å². The number of anilines is 1. The maximum Gasteiger partial charge on any atom is 0.311 e. The van der Waals surface area contributed by atoms with Gasteiger partial charge in [0.2, 0.25) is 5.91 Å². The van der Waals surface area contributed by atoms with Crippen LogP contribution in [0, 0.1) is 16.0 Å². The third-order valence-corrected chi connectivity index (χ3v) is 5.07. The van der Waals surface area contributed by atoms with Gasteiger partial charge in [0.1, 0.15) is 11.4 Å². The number of amides is 3. The fraction of sp³-hybridized carbons (Fsp3) is 0.238. The molecular formula is C21H19ClN4O8. The predicted molar refractivity (Wildman–Crippen MR) is 118 cm³/mol. The smallest absolute Gasteiger partial charge is 0.311 e. The maximum atomic E-state index is 12.3. The summed E-state index contributed by atoms with van der Waals surface area (Å²) < 4.78 is 9.94. The van der Waals surface area contributed by atoms with E-state index in [0.717, 1.165) is 11.1 Å². The highest BCUT2D eigenvalue weighted by atomic mass is 35.5. The summed E-state index contributed by atoms with van der Waals surface area (Å²) in [5.41, 5.74) is 2.19. The van der Waals surface area contributed by atoms with Crippen LogP contribution < -0.4 is 15.5 Å². The van der Waals surface area contributed by atoms with E-state index < -0.39 is 41.1 Å². The van der Waals surface area contributed by atoms with Gasteiger partial charge in [0.05, 0.1) is 24.5 Å². The topological polar surface area (TPSA) is 157 Å². The molecule has 12 nitrogen and oxygen atoms in total. The molecule has 3 rings (SSSR count). The number of nitro benzene ring substituents is 1. The zero-order chi connectivity index (χ0) is 24.8. The Morgan fingerprint density at radius 1 is 1.21 bits per heavy atom. The van der Waals surface area contributed by atoms with Gasteiger partial charge in [0, 0.05) is 29.1 Å². The fourth-order valence-electron chi connectivity index (χ4n) is 3.10. The molecule has 1 aliphatic rings. The van der Waals surface area contributed by atoms with Crippen molar-refractivity contribution in [3.05, 3.63) is 63.2 Å². The number of carbonyl (C=O) groups is 4. The number of halogens is 1. The van der Waals surface area contributed by atoms with Crippen molar-refractivity contribution in [1.29, 1.82) is 0 Å². The molecule has 0 radical (unpaired) electrons. The van der Waals surface area contributed by atoms with Crippen LogP contribution in [0.3, 0.4) is 0 Å². The van der Waals surface area contributed by atoms with Crippen LogP contribution in [0.25, 0.3) is 0 Å². The molecule has 1 fully saturated rings. The van der Waals surface area contributed by atoms with Crippen LogP contribution in [0.15, 0.2) is 42.5 Å². The molecule has 0 aliphatic carbocycles. The normalized spacial score (nSPS) is 14.9. The van der Waals surface area contributed by atoms with Crippen LogP contribution >= 0.6 is 11.6 Å². The summed E-state index contributed by atoms with van der Waals surface area (Å²) in [4.78, 5) is 59.4. The lowest BCUT2D eigenvalue weighted by Gasteiger charge is -2.17. The second-order valence-corrected chi connectivity index (χ2v) is 7.59. The Morgan fingerprint density at radius 3 is 2.56 bits per heavy atom. The van der Waals surface area contributed by atoms with Crippen molar-refractivity contribution in [2.24, 2.45) is 5.92 Å². The van der Waals surface area contributed by atoms with E-state index >= 15 is 0 Å². The molecule has 0 bridgehead atoms. The Kier molecular flexibility index (Phi) is 7.64. The molecule has 0 spiro atoms. The highest BCUT2D eigenvalue weighted by molar-refractivity contribution is 6.30. The van der Waals surface area contributed by atoms with E-state index in [9.17, 15) is 29.3 Å². The van der Waals surface area contributed by atoms with Gasteiger partial charge in [-0.2, -0.15) is 0 Å². The Bertz CT molecular complexity index is 1140. The summed E-state index contributed by atoms with van der Waals surface area (Å²) in [5.74, 6) is -3.33. The number of methoxy groups -OCH3 is 1. The van der Waals surface area contributed by atoms with Crippen molar-refractivity contribution in [3.8, 4) is 5.75 Å². The minimum Gasteiger partial charge on any atom is -0.497 e. The molecule has 13 heteroatoms. The zero-order valence-corrected chi connectivity index (χ0v) is 18.5. The second kappa shape index (κ2) is 10.6. The van der Waals surface area contributed by atoms with Crippen LogP contribution in [-0.2, 0) is 19.1 Å². The number of hydrogen-bond acceptors (Lipinski definition) is 8. The van der Waals surface area contributed by atoms with Crippen LogP contribution in [0.4, 0.5) is 11.4 Å². The third kappa shape index (κ3) is 5.98. The number of ether oxygens (including phenoxy) is 2. The van der Waals surface area contributed by atoms with Crippen molar-refractivity contribution in [2.45, 2.75) is 6.42 Å². The average molecular weight is 491 g/mol. The first-order valence-corrected chi connectivity index (χ1v) is 10.2. The molecule has 34 heavy (non-hydrogen) atoms. The lowest BCUT2D eigenvalue weighted by atomic mass is 10.1. The van der Waals surface area contributed by atoms with Gasteiger partial charge in [-0.15, -0.1) is 0 Å². The molecule has 1 saturated heterocycles. The van der Waals surface area contributed by atoms with Crippen molar-refractivity contribution in [1.82, 2.24) is 10.4 Å². The highest BCUT2D eigenvalue weighted by Gasteiger charge is 2.36. The number of rotatable bonds is 8. The predicted octanol–water partition coefficient (Wildman–Crippen LogP) is 1.93. The third-order valence-electron chi connectivity index (χ3n) is 4.82. The number of nitro groups is 1. The average Bonchev–Trinajstić information content (AvgIpc) is 3.17. The van der Waals surface area contributed by atoms with E-state index in [1.165, 1.54) is 43.5 Å². The Balaban J connectivity index is 1.53. The summed E-state index contributed by atoms with van der Waals surface area (Å²) in [6.45, 7) is -0.866. The van der Waals surface area contributed by atoms with Crippen LogP contribution in [0.2, 0.25) is 5.02 Å². The molecule has 178 valence electrons. The van der Waals surface area contributed by atoms with E-state index in [0.29, 0.717) is 5.02 Å². The second-order valence-electron chi connectivity index (χ2n) is 7.15. The van der Waals surface area contributed by atoms with Crippen LogP contribution in [0.1, 0.15) is 16.8 Å². The van der Waals surface area contributed by atoms with Gasteiger partial charge < -0.3 is 14.8 Å². The zero-order valence-electron chi connectivity index (χ0n) is 17.8. The van der Waals surface area contributed by atoms with Crippen molar-refractivity contribution >= 4 is 46.7 Å². The van der Waals surface area contributed by atoms with Crippen molar-refractivity contribution in [3.63, 3.8) is 0 Å². The van der Waals surface area contributed by atoms with Crippen LogP contribution in [0.5, 0.6) is 5.75 Å². The Hall–Kier alpha value is -4.19. The van der Waals surface area contributed by atoms with Gasteiger partial charge in [-0.1, -0.05) is 11.6 Å². The highest BCUT2D eigenvalue weighted by Crippen LogP contribution is 2.28. The van der Waals surface area contributed by atoms with Gasteiger partial charge in [-0.05, 0) is 30.3 Å². The summed E-state index contributed by atoms with van der Waals surface area (Å²) in [6.07, 6.45) is -0.220. The van der Waals surface area contributed by atoms with Gasteiger partial charge in [-0.25, -0.2) is 0 Å². The number of benzene rings is 2. The lowest BCUT2D eigenvalue weighted by Crippen LogP contribution is -2.43. The number of hydrogen-bond donors (Lipinski definition) is 2. The molecule has 1 aliphatic heterocycles. The number of esters is 1. The maximum absolute atomic E-state index is 12.3. The minimum absolute atomic E-state index is 0.127. The van der Waals surface area contributed by atoms with Gasteiger partial charge >= 0.3 is 5.97 Å². The minimum atomic E-state index is -0.906. The molecule has 0 saturated carbocycles. The lowest BCUT2D eigenvalue weighted by molar-refractivity contribution is -0.383. The number of nitrogens with zero attached hydrogens (tertiary/aromatic N) is 2. The van der Waals surface area contributed by atoms with Gasteiger partial charge in [-0.3, -0.25) is 39.7 Å². The molecule has 1 atom stereocenters. The van der Waals surface area contributed by atoms with E-state index in [1.807, 2.05) is 0 Å². The summed E-state index contributed by atoms with van der Waals surface area (Å²) in [6, 6.07) is 9.79. The molecular weight excluding hydrogens is 472 g/mol. The molecule has 2 N–H and O–H groups in total. The standard InChI is InChI=1S/C21H19ClN4O8/c1-33-15-6-7-17(26(31)32)16(9-15)23-18(27)11-34-21(30)13-8-19(28)25(10-13)24-20(29)12-2-4-14(22)5-3-12/h2-7,9,13H,8,10-11H2,1H3,(H,23,27)(H,24,29)/t13-/m0/s1. The summed E-state index contributed by atoms with van der Waals surface area (Å²) >= 11 is 5.78. The molecule has 2 aromatic rings. The van der Waals surface area contributed by atoms with E-state index in [2.05, 4.69) is 10.7 Å². The molecule has 3 amide bonds. The summed E-state index contributed by atoms with van der Waals surface area (Å²) in [7, 11) is 1.36. The SMILES string of the molecule is COc1ccc([N+](=O)[O-])c(NC(=O)COC(=O)[C@H]2CC(=O)N(NC(=O)c3ccc(Cl)cc3)C2)c1. The molecule has 1 heterocycles. The molecule has 0 unspecified atom stereocenters. The first-order chi connectivity index (χ1) is 16.2. The van der Waals surface area contributed by atoms with E-state index in [4.69, 9.17) is 21.1 Å². The first-order valence-electron chi connectivity index (χ1n) is 9.83. The quantitative estimate of drug-likeness (QED) is 0.323. The first kappa shape index (κ1) is 24.5. The van der Waals surface area contributed by atoms with Crippen molar-refractivity contribution in [2.75, 3.05) is 25.6 Å². The number of hydrazine groups is 1. The van der Waals surface area contributed by atoms with Crippen LogP contribution in [-0.4, -0.2) is 53.9 Å². The van der Waals surface area contributed by atoms with E-state index in [-0.39, 0.29) is 35.7 Å². The van der Waals surface area contributed by atoms with Gasteiger partial charge in [0.15, 0.2) is 6.61 Å².